The van der Waals surface area contributed by atoms with Crippen molar-refractivity contribution in [3.05, 3.63) is 176 Å². The number of para-hydroxylation sites is 2. The highest BCUT2D eigenvalue weighted by molar-refractivity contribution is 6.38. The maximum Gasteiger partial charge on any atom is 0.235 e. The van der Waals surface area contributed by atoms with Crippen LogP contribution >= 0.6 is 0 Å². The highest BCUT2D eigenvalue weighted by Gasteiger charge is 2.24. The Labute approximate surface area is 335 Å². The normalized spacial score (nSPS) is 12.4. The lowest BCUT2D eigenvalue weighted by atomic mass is 9.90. The lowest BCUT2D eigenvalue weighted by Crippen LogP contribution is -2.03. The molecule has 0 aliphatic carbocycles. The smallest absolute Gasteiger partial charge is 0.235 e. The third kappa shape index (κ3) is 4.18. The van der Waals surface area contributed by atoms with Gasteiger partial charge in [-0.25, -0.2) is 9.97 Å². The van der Waals surface area contributed by atoms with E-state index in [9.17, 15) is 0 Å². The molecule has 0 saturated heterocycles. The van der Waals surface area contributed by atoms with E-state index in [4.69, 9.17) is 18.8 Å². The Kier molecular flexibility index (Phi) is 5.96. The summed E-state index contributed by atoms with van der Waals surface area (Å²) in [5, 5.41) is 15.1. The monoisotopic (exact) mass is 751 g/mol. The summed E-state index contributed by atoms with van der Waals surface area (Å²) in [5.41, 5.74) is 10.5. The van der Waals surface area contributed by atoms with E-state index in [1.807, 2.05) is 30.3 Å². The van der Waals surface area contributed by atoms with Gasteiger partial charge in [0, 0.05) is 43.3 Å². The Morgan fingerprint density at radius 2 is 0.949 bits per heavy atom. The third-order valence-corrected chi connectivity index (χ3v) is 12.6. The van der Waals surface area contributed by atoms with Crippen molar-refractivity contribution in [1.29, 1.82) is 0 Å². The molecule has 4 aromatic heterocycles. The van der Waals surface area contributed by atoms with Crippen molar-refractivity contribution < 1.29 is 8.83 Å². The van der Waals surface area contributed by atoms with Crippen molar-refractivity contribution in [2.75, 3.05) is 0 Å². The molecular weight excluding hydrogens is 723 g/mol. The van der Waals surface area contributed by atoms with Gasteiger partial charge in [0.05, 0.1) is 16.7 Å². The molecule has 0 aliphatic rings. The molecule has 0 aliphatic heterocycles. The first-order valence-corrected chi connectivity index (χ1v) is 20.0. The van der Waals surface area contributed by atoms with E-state index in [1.54, 1.807) is 0 Å². The molecule has 10 aromatic carbocycles. The highest BCUT2D eigenvalue weighted by atomic mass is 16.3. The van der Waals surface area contributed by atoms with Crippen molar-refractivity contribution in [3.63, 3.8) is 0 Å². The van der Waals surface area contributed by atoms with Crippen LogP contribution in [0.25, 0.3) is 137 Å². The Morgan fingerprint density at radius 3 is 1.80 bits per heavy atom. The first-order chi connectivity index (χ1) is 29.2. The number of hydrogen-bond donors (Lipinski definition) is 0. The van der Waals surface area contributed by atoms with E-state index >= 15 is 0 Å². The van der Waals surface area contributed by atoms with Gasteiger partial charge >= 0.3 is 0 Å². The summed E-state index contributed by atoms with van der Waals surface area (Å²) in [5.74, 6) is 0.609. The van der Waals surface area contributed by atoms with Crippen LogP contribution in [0.1, 0.15) is 0 Å². The summed E-state index contributed by atoms with van der Waals surface area (Å²) < 4.78 is 15.2. The van der Waals surface area contributed by atoms with Gasteiger partial charge < -0.3 is 8.83 Å². The number of nitrogens with zero attached hydrogens (tertiary/aromatic N) is 3. The van der Waals surface area contributed by atoms with Crippen molar-refractivity contribution in [2.45, 2.75) is 0 Å². The summed E-state index contributed by atoms with van der Waals surface area (Å²) in [6, 6.07) is 62.4. The zero-order chi connectivity index (χ0) is 38.3. The fourth-order valence-corrected chi connectivity index (χ4v) is 9.95. The van der Waals surface area contributed by atoms with Crippen molar-refractivity contribution in [1.82, 2.24) is 14.5 Å². The Morgan fingerprint density at radius 1 is 0.356 bits per heavy atom. The van der Waals surface area contributed by atoms with Crippen LogP contribution in [0.15, 0.2) is 185 Å². The van der Waals surface area contributed by atoms with Crippen LogP contribution in [0.4, 0.5) is 0 Å². The molecule has 0 amide bonds. The van der Waals surface area contributed by atoms with Gasteiger partial charge in [-0.15, -0.1) is 0 Å². The van der Waals surface area contributed by atoms with Crippen LogP contribution in [0, 0.1) is 0 Å². The molecule has 14 rings (SSSR count). The van der Waals surface area contributed by atoms with Gasteiger partial charge in [-0.2, -0.15) is 0 Å². The predicted molar refractivity (Wildman–Crippen MR) is 243 cm³/mol. The van der Waals surface area contributed by atoms with Gasteiger partial charge in [-0.3, -0.25) is 4.57 Å². The van der Waals surface area contributed by atoms with Gasteiger partial charge in [0.25, 0.3) is 0 Å². The van der Waals surface area contributed by atoms with Crippen LogP contribution < -0.4 is 0 Å². The number of fused-ring (bicyclic) bond motifs is 13. The van der Waals surface area contributed by atoms with E-state index in [-0.39, 0.29) is 0 Å². The summed E-state index contributed by atoms with van der Waals surface area (Å²) in [6.45, 7) is 0. The average molecular weight is 752 g/mol. The molecule has 0 fully saturated rings. The molecule has 4 heterocycles. The molecule has 5 nitrogen and oxygen atoms in total. The quantitative estimate of drug-likeness (QED) is 0.169. The molecule has 5 heteroatoms. The fraction of sp³-hybridized carbons (Fsp3) is 0. The predicted octanol–water partition coefficient (Wildman–Crippen LogP) is 14.8. The van der Waals surface area contributed by atoms with Crippen molar-refractivity contribution >= 4 is 109 Å². The number of aromatic nitrogens is 3. The van der Waals surface area contributed by atoms with E-state index in [0.29, 0.717) is 5.95 Å². The highest BCUT2D eigenvalue weighted by Crippen LogP contribution is 2.46. The number of furan rings is 2. The van der Waals surface area contributed by atoms with Gasteiger partial charge in [0.2, 0.25) is 5.95 Å². The van der Waals surface area contributed by atoms with E-state index in [0.717, 1.165) is 88.2 Å². The largest absolute Gasteiger partial charge is 0.456 e. The van der Waals surface area contributed by atoms with Crippen LogP contribution in [0.3, 0.4) is 0 Å². The fourth-order valence-electron chi connectivity index (χ4n) is 9.95. The standard InChI is InChI=1S/C54H29N3O2/c1-2-10-31(11-3-1)51-41-27-26-39-35-13-5-7-19-46(35)59-53(39)52(41)56-54(55-51)57-43-16-8-14-37-38-25-22-30-20-21-32(28-42(30)48(38)40-15-9-17-44(57)50(40)49(37)43)33-23-24-36-34-12-4-6-18-45(34)58-47(36)29-33/h1-29H. The molecule has 0 unspecified atom stereocenters. The third-order valence-electron chi connectivity index (χ3n) is 12.6. The van der Waals surface area contributed by atoms with Crippen LogP contribution in [0.5, 0.6) is 0 Å². The zero-order valence-electron chi connectivity index (χ0n) is 31.4. The minimum absolute atomic E-state index is 0.609. The second kappa shape index (κ2) is 11.3. The summed E-state index contributed by atoms with van der Waals surface area (Å²) in [4.78, 5) is 10.9. The van der Waals surface area contributed by atoms with E-state index in [1.165, 1.54) is 43.1 Å². The van der Waals surface area contributed by atoms with Gasteiger partial charge in [0.15, 0.2) is 5.58 Å². The Balaban J connectivity index is 1.06. The van der Waals surface area contributed by atoms with Crippen LogP contribution in [0.2, 0.25) is 0 Å². The van der Waals surface area contributed by atoms with E-state index in [2.05, 4.69) is 150 Å². The maximum atomic E-state index is 6.61. The molecule has 0 spiro atoms. The molecule has 0 radical (unpaired) electrons. The van der Waals surface area contributed by atoms with Crippen molar-refractivity contribution in [2.24, 2.45) is 0 Å². The molecule has 0 atom stereocenters. The van der Waals surface area contributed by atoms with Crippen molar-refractivity contribution in [3.8, 4) is 28.3 Å². The zero-order valence-corrected chi connectivity index (χ0v) is 31.4. The van der Waals surface area contributed by atoms with Gasteiger partial charge in [-0.1, -0.05) is 121 Å². The average Bonchev–Trinajstić information content (AvgIpc) is 3.98. The lowest BCUT2D eigenvalue weighted by Gasteiger charge is -2.13. The SMILES string of the molecule is c1ccc(-c2nc(-n3c4cccc5c6ccc7ccc(-c8ccc9c(c8)oc8ccccc89)cc7c6c6cccc3c6c54)nc3c2ccc2c4ccccc4oc23)cc1. The number of rotatable bonds is 3. The second-order valence-electron chi connectivity index (χ2n) is 15.6. The Hall–Kier alpha value is -8.02. The summed E-state index contributed by atoms with van der Waals surface area (Å²) in [6.07, 6.45) is 0. The Bertz CT molecular complexity index is 4080. The summed E-state index contributed by atoms with van der Waals surface area (Å²) in [7, 11) is 0. The van der Waals surface area contributed by atoms with Gasteiger partial charge in [0.1, 0.15) is 22.3 Å². The molecule has 0 bridgehead atoms. The maximum absolute atomic E-state index is 6.61. The molecular formula is C54H29N3O2. The van der Waals surface area contributed by atoms with E-state index < -0.39 is 0 Å². The number of hydrogen-bond acceptors (Lipinski definition) is 4. The molecule has 14 aromatic rings. The lowest BCUT2D eigenvalue weighted by molar-refractivity contribution is 0.669. The number of benzene rings is 10. The summed E-state index contributed by atoms with van der Waals surface area (Å²) >= 11 is 0. The topological polar surface area (TPSA) is 57.0 Å². The minimum Gasteiger partial charge on any atom is -0.456 e. The molecule has 59 heavy (non-hydrogen) atoms. The van der Waals surface area contributed by atoms with Gasteiger partial charge in [-0.05, 0) is 98.0 Å². The second-order valence-corrected chi connectivity index (χ2v) is 15.6. The minimum atomic E-state index is 0.609. The molecule has 0 N–H and O–H groups in total. The first-order valence-electron chi connectivity index (χ1n) is 20.0. The van der Waals surface area contributed by atoms with Crippen LogP contribution in [-0.2, 0) is 0 Å². The molecule has 0 saturated carbocycles. The molecule has 272 valence electrons. The van der Waals surface area contributed by atoms with Crippen LogP contribution in [-0.4, -0.2) is 14.5 Å². The first kappa shape index (κ1) is 31.1.